The maximum absolute atomic E-state index is 11.2. The summed E-state index contributed by atoms with van der Waals surface area (Å²) in [6.45, 7) is 0.207. The van der Waals surface area contributed by atoms with Crippen LogP contribution in [0.25, 0.3) is 0 Å². The minimum absolute atomic E-state index is 0.0619. The summed E-state index contributed by atoms with van der Waals surface area (Å²) in [5.74, 6) is 0.565. The number of rotatable bonds is 3. The van der Waals surface area contributed by atoms with Gasteiger partial charge in [0.25, 0.3) is 0 Å². The predicted molar refractivity (Wildman–Crippen MR) is 61.2 cm³/mol. The molecule has 2 rings (SSSR count). The number of fused-ring (bicyclic) bond motifs is 1. The van der Waals surface area contributed by atoms with Crippen molar-refractivity contribution in [1.29, 1.82) is 0 Å². The van der Waals surface area contributed by atoms with E-state index in [1.807, 2.05) is 12.1 Å². The highest BCUT2D eigenvalue weighted by Crippen LogP contribution is 2.32. The third-order valence-electron chi connectivity index (χ3n) is 2.30. The number of aryl methyl sites for hydroxylation is 1. The molecule has 2 N–H and O–H groups in total. The van der Waals surface area contributed by atoms with Crippen molar-refractivity contribution in [3.8, 4) is 0 Å². The van der Waals surface area contributed by atoms with E-state index in [0.717, 1.165) is 29.0 Å². The number of carbonyl (C=O) groups excluding carboxylic acids is 1. The third kappa shape index (κ3) is 2.52. The standard InChI is InChI=1S/C11H13NO2S/c13-5-1-2-8-3-4-10-9(6-8)12-11(14)7-15-10/h3-4,6,13H,1-2,5,7H2,(H,12,14). The van der Waals surface area contributed by atoms with Gasteiger partial charge < -0.3 is 10.4 Å². The van der Waals surface area contributed by atoms with Gasteiger partial charge >= 0.3 is 0 Å². The Morgan fingerprint density at radius 2 is 2.33 bits per heavy atom. The molecule has 0 aromatic heterocycles. The zero-order valence-corrected chi connectivity index (χ0v) is 9.14. The molecule has 80 valence electrons. The van der Waals surface area contributed by atoms with Crippen molar-refractivity contribution in [1.82, 2.24) is 0 Å². The molecule has 0 saturated carbocycles. The first-order valence-corrected chi connectivity index (χ1v) is 5.94. The van der Waals surface area contributed by atoms with Gasteiger partial charge in [0.2, 0.25) is 5.91 Å². The number of amides is 1. The van der Waals surface area contributed by atoms with E-state index < -0.39 is 0 Å². The van der Waals surface area contributed by atoms with E-state index in [2.05, 4.69) is 11.4 Å². The van der Waals surface area contributed by atoms with Gasteiger partial charge in [-0.3, -0.25) is 4.79 Å². The van der Waals surface area contributed by atoms with Crippen molar-refractivity contribution in [2.24, 2.45) is 0 Å². The molecule has 0 bridgehead atoms. The first-order valence-electron chi connectivity index (χ1n) is 4.96. The first kappa shape index (κ1) is 10.5. The maximum atomic E-state index is 11.2. The van der Waals surface area contributed by atoms with E-state index in [0.29, 0.717) is 5.75 Å². The molecule has 15 heavy (non-hydrogen) atoms. The fourth-order valence-corrected chi connectivity index (χ4v) is 2.36. The summed E-state index contributed by atoms with van der Waals surface area (Å²) < 4.78 is 0. The molecule has 0 saturated heterocycles. The van der Waals surface area contributed by atoms with Crippen molar-refractivity contribution in [3.63, 3.8) is 0 Å². The highest BCUT2D eigenvalue weighted by molar-refractivity contribution is 8.00. The summed E-state index contributed by atoms with van der Waals surface area (Å²) >= 11 is 1.57. The molecule has 0 aliphatic carbocycles. The van der Waals surface area contributed by atoms with Crippen LogP contribution in [0.2, 0.25) is 0 Å². The number of aliphatic hydroxyl groups excluding tert-OH is 1. The monoisotopic (exact) mass is 223 g/mol. The predicted octanol–water partition coefficient (Wildman–Crippen LogP) is 1.66. The summed E-state index contributed by atoms with van der Waals surface area (Å²) in [6, 6.07) is 6.08. The van der Waals surface area contributed by atoms with Gasteiger partial charge in [-0.2, -0.15) is 0 Å². The third-order valence-corrected chi connectivity index (χ3v) is 3.37. The summed E-state index contributed by atoms with van der Waals surface area (Å²) in [5, 5.41) is 11.6. The van der Waals surface area contributed by atoms with Crippen LogP contribution in [0.5, 0.6) is 0 Å². The molecule has 3 nitrogen and oxygen atoms in total. The molecule has 1 heterocycles. The van der Waals surface area contributed by atoms with E-state index in [9.17, 15) is 4.79 Å². The Morgan fingerprint density at radius 1 is 1.47 bits per heavy atom. The smallest absolute Gasteiger partial charge is 0.234 e. The Hall–Kier alpha value is -1.00. The van der Waals surface area contributed by atoms with Crippen molar-refractivity contribution in [2.45, 2.75) is 17.7 Å². The SMILES string of the molecule is O=C1CSc2ccc(CCCO)cc2N1. The molecule has 1 aliphatic rings. The van der Waals surface area contributed by atoms with Crippen molar-refractivity contribution in [3.05, 3.63) is 23.8 Å². The number of aliphatic hydroxyl groups is 1. The largest absolute Gasteiger partial charge is 0.396 e. The summed E-state index contributed by atoms with van der Waals surface area (Å²) in [6.07, 6.45) is 1.62. The number of benzene rings is 1. The second kappa shape index (κ2) is 4.68. The summed E-state index contributed by atoms with van der Waals surface area (Å²) in [4.78, 5) is 12.3. The van der Waals surface area contributed by atoms with Gasteiger partial charge in [0, 0.05) is 11.5 Å². The lowest BCUT2D eigenvalue weighted by Gasteiger charge is -2.16. The van der Waals surface area contributed by atoms with Crippen molar-refractivity contribution >= 4 is 23.4 Å². The van der Waals surface area contributed by atoms with Gasteiger partial charge in [-0.1, -0.05) is 6.07 Å². The summed E-state index contributed by atoms with van der Waals surface area (Å²) in [5.41, 5.74) is 2.07. The van der Waals surface area contributed by atoms with Crippen LogP contribution in [0.1, 0.15) is 12.0 Å². The Labute approximate surface area is 92.9 Å². The van der Waals surface area contributed by atoms with Crippen LogP contribution in [-0.4, -0.2) is 23.4 Å². The quantitative estimate of drug-likeness (QED) is 0.819. The molecule has 1 aliphatic heterocycles. The molecule has 1 aromatic carbocycles. The maximum Gasteiger partial charge on any atom is 0.234 e. The average molecular weight is 223 g/mol. The van der Waals surface area contributed by atoms with Gasteiger partial charge in [-0.15, -0.1) is 11.8 Å². The van der Waals surface area contributed by atoms with Crippen LogP contribution in [0.15, 0.2) is 23.1 Å². The van der Waals surface area contributed by atoms with Gasteiger partial charge in [-0.25, -0.2) is 0 Å². The zero-order valence-electron chi connectivity index (χ0n) is 8.32. The van der Waals surface area contributed by atoms with Crippen molar-refractivity contribution < 1.29 is 9.90 Å². The Bertz CT molecular complexity index is 379. The van der Waals surface area contributed by atoms with Crippen LogP contribution >= 0.6 is 11.8 Å². The van der Waals surface area contributed by atoms with Crippen LogP contribution in [0.3, 0.4) is 0 Å². The average Bonchev–Trinajstić information content (AvgIpc) is 2.25. The van der Waals surface area contributed by atoms with E-state index in [1.54, 1.807) is 11.8 Å². The lowest BCUT2D eigenvalue weighted by atomic mass is 10.1. The molecule has 0 spiro atoms. The molecule has 4 heteroatoms. The minimum Gasteiger partial charge on any atom is -0.396 e. The Morgan fingerprint density at radius 3 is 3.13 bits per heavy atom. The van der Waals surface area contributed by atoms with Crippen LogP contribution < -0.4 is 5.32 Å². The zero-order chi connectivity index (χ0) is 10.7. The highest BCUT2D eigenvalue weighted by Gasteiger charge is 2.14. The van der Waals surface area contributed by atoms with Gasteiger partial charge in [0.15, 0.2) is 0 Å². The highest BCUT2D eigenvalue weighted by atomic mass is 32.2. The number of anilines is 1. The first-order chi connectivity index (χ1) is 7.29. The van der Waals surface area contributed by atoms with E-state index >= 15 is 0 Å². The summed E-state index contributed by atoms with van der Waals surface area (Å²) in [7, 11) is 0. The number of hydrogen-bond acceptors (Lipinski definition) is 3. The minimum atomic E-state index is 0.0619. The van der Waals surface area contributed by atoms with E-state index in [4.69, 9.17) is 5.11 Å². The van der Waals surface area contributed by atoms with Crippen LogP contribution in [0.4, 0.5) is 5.69 Å². The van der Waals surface area contributed by atoms with Crippen LogP contribution in [-0.2, 0) is 11.2 Å². The fourth-order valence-electron chi connectivity index (χ4n) is 1.57. The topological polar surface area (TPSA) is 49.3 Å². The number of nitrogens with one attached hydrogen (secondary N) is 1. The lowest BCUT2D eigenvalue weighted by Crippen LogP contribution is -2.18. The molecular weight excluding hydrogens is 210 g/mol. The second-order valence-corrected chi connectivity index (χ2v) is 4.51. The van der Waals surface area contributed by atoms with Gasteiger partial charge in [0.05, 0.1) is 11.4 Å². The second-order valence-electron chi connectivity index (χ2n) is 3.49. The number of thioether (sulfide) groups is 1. The Balaban J connectivity index is 2.17. The Kier molecular flexibility index (Phi) is 3.28. The molecule has 0 radical (unpaired) electrons. The molecule has 1 aromatic rings. The van der Waals surface area contributed by atoms with E-state index in [-0.39, 0.29) is 12.5 Å². The number of hydrogen-bond donors (Lipinski definition) is 2. The van der Waals surface area contributed by atoms with Crippen molar-refractivity contribution in [2.75, 3.05) is 17.7 Å². The van der Waals surface area contributed by atoms with Gasteiger partial charge in [0.1, 0.15) is 0 Å². The molecule has 0 unspecified atom stereocenters. The molecular formula is C11H13NO2S. The van der Waals surface area contributed by atoms with E-state index in [1.165, 1.54) is 0 Å². The van der Waals surface area contributed by atoms with Gasteiger partial charge in [-0.05, 0) is 30.5 Å². The fraction of sp³-hybridized carbons (Fsp3) is 0.364. The molecule has 0 fully saturated rings. The molecule has 1 amide bonds. The van der Waals surface area contributed by atoms with Crippen LogP contribution in [0, 0.1) is 0 Å². The number of carbonyl (C=O) groups is 1. The lowest BCUT2D eigenvalue weighted by molar-refractivity contribution is -0.113. The molecule has 0 atom stereocenters. The normalized spacial score (nSPS) is 14.6.